The predicted octanol–water partition coefficient (Wildman–Crippen LogP) is 3.79. The van der Waals surface area contributed by atoms with Gasteiger partial charge in [0, 0.05) is 61.8 Å². The monoisotopic (exact) mass is 429 g/mol. The first kappa shape index (κ1) is 19.5. The Morgan fingerprint density at radius 2 is 1.81 bits per heavy atom. The number of nitrogens with zero attached hydrogens (tertiary/aromatic N) is 5. The second-order valence-electron chi connectivity index (χ2n) is 9.10. The van der Waals surface area contributed by atoms with E-state index in [1.54, 1.807) is 0 Å². The van der Waals surface area contributed by atoms with Gasteiger partial charge in [0.25, 0.3) is 0 Å². The van der Waals surface area contributed by atoms with Gasteiger partial charge in [0.05, 0.1) is 22.6 Å². The van der Waals surface area contributed by atoms with Crippen molar-refractivity contribution in [2.75, 3.05) is 31.1 Å². The molecule has 1 aromatic carbocycles. The maximum atomic E-state index is 12.9. The van der Waals surface area contributed by atoms with Gasteiger partial charge in [-0.25, -0.2) is 9.78 Å². The first-order valence-corrected chi connectivity index (χ1v) is 11.5. The fourth-order valence-corrected chi connectivity index (χ4v) is 5.01. The SMILES string of the molecule is Cc1cn2cc(-c3cc4ccc(N5CCN(C6CCC6)CC5)cc4oc3=O)nc2c(C)n1. The Bertz CT molecular complexity index is 1380. The number of hydrogen-bond donors (Lipinski definition) is 0. The summed E-state index contributed by atoms with van der Waals surface area (Å²) in [6.07, 6.45) is 7.86. The minimum atomic E-state index is -0.366. The maximum absolute atomic E-state index is 12.9. The van der Waals surface area contributed by atoms with Crippen LogP contribution in [0.1, 0.15) is 30.7 Å². The van der Waals surface area contributed by atoms with Crippen molar-refractivity contribution in [2.24, 2.45) is 0 Å². The van der Waals surface area contributed by atoms with Gasteiger partial charge in [-0.05, 0) is 44.9 Å². The molecule has 7 heteroatoms. The van der Waals surface area contributed by atoms with Crippen molar-refractivity contribution in [2.45, 2.75) is 39.2 Å². The molecule has 7 nitrogen and oxygen atoms in total. The number of hydrogen-bond acceptors (Lipinski definition) is 6. The van der Waals surface area contributed by atoms with Crippen molar-refractivity contribution in [1.29, 1.82) is 0 Å². The van der Waals surface area contributed by atoms with E-state index in [2.05, 4.69) is 25.8 Å². The molecule has 0 unspecified atom stereocenters. The van der Waals surface area contributed by atoms with Gasteiger partial charge in [0.2, 0.25) is 0 Å². The molecule has 4 heterocycles. The van der Waals surface area contributed by atoms with Crippen LogP contribution in [0.4, 0.5) is 5.69 Å². The highest BCUT2D eigenvalue weighted by molar-refractivity contribution is 5.84. The molecule has 164 valence electrons. The molecule has 32 heavy (non-hydrogen) atoms. The first-order chi connectivity index (χ1) is 15.5. The molecule has 1 aliphatic heterocycles. The van der Waals surface area contributed by atoms with Gasteiger partial charge in [-0.3, -0.25) is 9.88 Å². The minimum Gasteiger partial charge on any atom is -0.422 e. The van der Waals surface area contributed by atoms with Crippen LogP contribution in [0.25, 0.3) is 27.9 Å². The summed E-state index contributed by atoms with van der Waals surface area (Å²) < 4.78 is 7.68. The van der Waals surface area contributed by atoms with E-state index in [1.807, 2.05) is 48.8 Å². The molecule has 1 saturated carbocycles. The molecule has 0 N–H and O–H groups in total. The highest BCUT2D eigenvalue weighted by atomic mass is 16.4. The molecule has 0 amide bonds. The number of aromatic nitrogens is 3. The zero-order valence-electron chi connectivity index (χ0n) is 18.5. The molecule has 1 aliphatic carbocycles. The lowest BCUT2D eigenvalue weighted by Gasteiger charge is -2.43. The molecule has 3 aromatic heterocycles. The molecule has 2 aliphatic rings. The highest BCUT2D eigenvalue weighted by Gasteiger charge is 2.28. The van der Waals surface area contributed by atoms with Gasteiger partial charge in [-0.15, -0.1) is 0 Å². The van der Waals surface area contributed by atoms with Crippen molar-refractivity contribution in [3.63, 3.8) is 0 Å². The fourth-order valence-electron chi connectivity index (χ4n) is 5.01. The Hall–Kier alpha value is -3.19. The number of anilines is 1. The summed E-state index contributed by atoms with van der Waals surface area (Å²) in [5, 5.41) is 0.902. The largest absolute Gasteiger partial charge is 0.422 e. The Morgan fingerprint density at radius 3 is 2.56 bits per heavy atom. The Balaban J connectivity index is 1.30. The van der Waals surface area contributed by atoms with E-state index >= 15 is 0 Å². The molecule has 1 saturated heterocycles. The van der Waals surface area contributed by atoms with Crippen molar-refractivity contribution < 1.29 is 4.42 Å². The third-order valence-electron chi connectivity index (χ3n) is 6.99. The molecule has 0 bridgehead atoms. The van der Waals surface area contributed by atoms with Gasteiger partial charge >= 0.3 is 5.63 Å². The summed E-state index contributed by atoms with van der Waals surface area (Å²) in [7, 11) is 0. The summed E-state index contributed by atoms with van der Waals surface area (Å²) in [4.78, 5) is 27.0. The Morgan fingerprint density at radius 1 is 1.00 bits per heavy atom. The van der Waals surface area contributed by atoms with E-state index in [4.69, 9.17) is 4.42 Å². The zero-order valence-corrected chi connectivity index (χ0v) is 18.5. The van der Waals surface area contributed by atoms with E-state index in [0.717, 1.165) is 60.3 Å². The lowest BCUT2D eigenvalue weighted by molar-refractivity contribution is 0.120. The number of aryl methyl sites for hydroxylation is 2. The van der Waals surface area contributed by atoms with Crippen molar-refractivity contribution in [1.82, 2.24) is 19.3 Å². The van der Waals surface area contributed by atoms with Crippen LogP contribution in [0.15, 0.2) is 45.9 Å². The lowest BCUT2D eigenvalue weighted by Crippen LogP contribution is -2.52. The van der Waals surface area contributed by atoms with Crippen LogP contribution in [-0.2, 0) is 0 Å². The van der Waals surface area contributed by atoms with Gasteiger partial charge in [0.1, 0.15) is 5.58 Å². The van der Waals surface area contributed by atoms with Gasteiger partial charge in [0.15, 0.2) is 5.65 Å². The number of benzene rings is 1. The van der Waals surface area contributed by atoms with Gasteiger partial charge in [-0.1, -0.05) is 6.42 Å². The van der Waals surface area contributed by atoms with E-state index in [9.17, 15) is 4.79 Å². The summed E-state index contributed by atoms with van der Waals surface area (Å²) in [5.74, 6) is 0. The van der Waals surface area contributed by atoms with Gasteiger partial charge in [-0.2, -0.15) is 0 Å². The van der Waals surface area contributed by atoms with Crippen LogP contribution in [0.5, 0.6) is 0 Å². The van der Waals surface area contributed by atoms with Gasteiger partial charge < -0.3 is 13.7 Å². The van der Waals surface area contributed by atoms with Crippen LogP contribution in [0.3, 0.4) is 0 Å². The lowest BCUT2D eigenvalue weighted by atomic mass is 9.91. The average Bonchev–Trinajstić information content (AvgIpc) is 3.16. The Labute approximate surface area is 186 Å². The van der Waals surface area contributed by atoms with E-state index in [0.29, 0.717) is 16.8 Å². The van der Waals surface area contributed by atoms with Crippen molar-refractivity contribution in [3.8, 4) is 11.3 Å². The quantitative estimate of drug-likeness (QED) is 0.462. The first-order valence-electron chi connectivity index (χ1n) is 11.5. The minimum absolute atomic E-state index is 0.366. The third-order valence-corrected chi connectivity index (χ3v) is 6.99. The number of fused-ring (bicyclic) bond motifs is 2. The predicted molar refractivity (Wildman–Crippen MR) is 125 cm³/mol. The average molecular weight is 430 g/mol. The van der Waals surface area contributed by atoms with Crippen molar-refractivity contribution in [3.05, 3.63) is 58.5 Å². The molecule has 2 fully saturated rings. The third kappa shape index (κ3) is 3.28. The smallest absolute Gasteiger partial charge is 0.345 e. The standard InChI is InChI=1S/C25H27N5O2/c1-16-14-30-15-22(27-24(30)17(2)26-16)21-12-18-6-7-20(13-23(18)32-25(21)31)29-10-8-28(9-11-29)19-4-3-5-19/h6-7,12-15,19H,3-5,8-11H2,1-2H3. The topological polar surface area (TPSA) is 66.9 Å². The maximum Gasteiger partial charge on any atom is 0.345 e. The normalized spacial score (nSPS) is 17.9. The molecular weight excluding hydrogens is 402 g/mol. The Kier molecular flexibility index (Phi) is 4.54. The molecule has 4 aromatic rings. The van der Waals surface area contributed by atoms with E-state index < -0.39 is 0 Å². The van der Waals surface area contributed by atoms with E-state index in [1.165, 1.54) is 19.3 Å². The second kappa shape index (κ2) is 7.45. The van der Waals surface area contributed by atoms with Crippen LogP contribution in [0, 0.1) is 13.8 Å². The van der Waals surface area contributed by atoms with Crippen LogP contribution >= 0.6 is 0 Å². The molecule has 0 atom stereocenters. The number of imidazole rings is 1. The molecule has 0 spiro atoms. The summed E-state index contributed by atoms with van der Waals surface area (Å²) >= 11 is 0. The summed E-state index contributed by atoms with van der Waals surface area (Å²) in [6, 6.07) is 8.86. The second-order valence-corrected chi connectivity index (χ2v) is 9.10. The fraction of sp³-hybridized carbons (Fsp3) is 0.400. The van der Waals surface area contributed by atoms with E-state index in [-0.39, 0.29) is 5.63 Å². The number of rotatable bonds is 3. The van der Waals surface area contributed by atoms with Crippen molar-refractivity contribution >= 4 is 22.3 Å². The summed E-state index contributed by atoms with van der Waals surface area (Å²) in [5.41, 5.74) is 4.94. The van der Waals surface area contributed by atoms with Crippen LogP contribution < -0.4 is 10.5 Å². The zero-order chi connectivity index (χ0) is 21.8. The number of piperazine rings is 1. The van der Waals surface area contributed by atoms with Crippen LogP contribution in [-0.4, -0.2) is 51.5 Å². The molecular formula is C25H27N5O2. The highest BCUT2D eigenvalue weighted by Crippen LogP contribution is 2.29. The molecule has 6 rings (SSSR count). The summed E-state index contributed by atoms with van der Waals surface area (Å²) in [6.45, 7) is 8.11. The molecule has 0 radical (unpaired) electrons. The van der Waals surface area contributed by atoms with Crippen LogP contribution in [0.2, 0.25) is 0 Å².